The van der Waals surface area contributed by atoms with Gasteiger partial charge in [0.25, 0.3) is 5.91 Å². The van der Waals surface area contributed by atoms with Gasteiger partial charge in [0.1, 0.15) is 18.1 Å². The highest BCUT2D eigenvalue weighted by atomic mass is 32.1. The molecule has 0 radical (unpaired) electrons. The molecule has 0 saturated carbocycles. The molecule has 0 fully saturated rings. The molecule has 1 atom stereocenters. The van der Waals surface area contributed by atoms with Crippen LogP contribution in [0.5, 0.6) is 0 Å². The number of hydrogen-bond acceptors (Lipinski definition) is 5. The van der Waals surface area contributed by atoms with Crippen molar-refractivity contribution < 1.29 is 14.1 Å². The lowest BCUT2D eigenvalue weighted by Crippen LogP contribution is -3.10. The number of nitrogens with zero attached hydrogens (tertiary/aromatic N) is 2. The second-order valence-electron chi connectivity index (χ2n) is 6.76. The summed E-state index contributed by atoms with van der Waals surface area (Å²) in [4.78, 5) is 21.7. The van der Waals surface area contributed by atoms with E-state index in [2.05, 4.69) is 22.5 Å². The van der Waals surface area contributed by atoms with Crippen LogP contribution in [0.4, 0.5) is 0 Å². The van der Waals surface area contributed by atoms with Crippen molar-refractivity contribution in [3.63, 3.8) is 0 Å². The lowest BCUT2D eigenvalue weighted by molar-refractivity contribution is -0.920. The predicted molar refractivity (Wildman–Crippen MR) is 112 cm³/mol. The molecule has 0 aliphatic carbocycles. The average Bonchev–Trinajstić information content (AvgIpc) is 3.43. The molecule has 0 saturated heterocycles. The van der Waals surface area contributed by atoms with E-state index in [0.717, 1.165) is 27.5 Å². The summed E-state index contributed by atoms with van der Waals surface area (Å²) in [6, 6.07) is 16.1. The number of nitrogens with one attached hydrogen (secondary N) is 1. The fraction of sp³-hybridized carbons (Fsp3) is 0.238. The Kier molecular flexibility index (Phi) is 5.85. The van der Waals surface area contributed by atoms with Gasteiger partial charge in [-0.1, -0.05) is 18.2 Å². The number of carbonyl (C=O) groups is 1. The van der Waals surface area contributed by atoms with Crippen LogP contribution in [0.2, 0.25) is 0 Å². The maximum Gasteiger partial charge on any atom is 0.277 e. The van der Waals surface area contributed by atoms with E-state index in [9.17, 15) is 4.79 Å². The van der Waals surface area contributed by atoms with Crippen LogP contribution in [-0.4, -0.2) is 29.4 Å². The number of thiazole rings is 1. The Balaban J connectivity index is 1.41. The van der Waals surface area contributed by atoms with Crippen molar-refractivity contribution in [3.05, 3.63) is 75.8 Å². The topological polar surface area (TPSA) is 50.8 Å². The number of benzene rings is 1. The van der Waals surface area contributed by atoms with Gasteiger partial charge in [-0.2, -0.15) is 0 Å². The summed E-state index contributed by atoms with van der Waals surface area (Å²) >= 11 is 3.36. The molecule has 3 aromatic heterocycles. The van der Waals surface area contributed by atoms with E-state index in [1.165, 1.54) is 9.78 Å². The van der Waals surface area contributed by atoms with Gasteiger partial charge in [-0.15, -0.1) is 22.7 Å². The molecule has 0 bridgehead atoms. The van der Waals surface area contributed by atoms with E-state index in [0.29, 0.717) is 19.6 Å². The first-order chi connectivity index (χ1) is 13.7. The van der Waals surface area contributed by atoms with Crippen molar-refractivity contribution >= 4 is 38.8 Å². The minimum Gasteiger partial charge on any atom is -0.463 e. The van der Waals surface area contributed by atoms with Crippen LogP contribution in [0.3, 0.4) is 0 Å². The van der Waals surface area contributed by atoms with Crippen LogP contribution in [0, 0.1) is 0 Å². The molecule has 1 unspecified atom stereocenters. The first-order valence-electron chi connectivity index (χ1n) is 9.14. The Morgan fingerprint density at radius 2 is 2.04 bits per heavy atom. The average molecular weight is 413 g/mol. The van der Waals surface area contributed by atoms with Crippen molar-refractivity contribution in [1.29, 1.82) is 0 Å². The van der Waals surface area contributed by atoms with E-state index >= 15 is 0 Å². The molecule has 0 aliphatic rings. The predicted octanol–water partition coefficient (Wildman–Crippen LogP) is 3.19. The molecule has 3 heterocycles. The molecule has 5 nitrogen and oxygen atoms in total. The number of para-hydroxylation sites is 1. The molecular weight excluding hydrogens is 390 g/mol. The zero-order valence-electron chi connectivity index (χ0n) is 15.6. The highest BCUT2D eigenvalue weighted by molar-refractivity contribution is 7.18. The number of fused-ring (bicyclic) bond motifs is 1. The van der Waals surface area contributed by atoms with Crippen molar-refractivity contribution in [1.82, 2.24) is 9.88 Å². The van der Waals surface area contributed by atoms with E-state index in [-0.39, 0.29) is 5.91 Å². The molecule has 28 heavy (non-hydrogen) atoms. The van der Waals surface area contributed by atoms with Gasteiger partial charge >= 0.3 is 0 Å². The molecule has 4 rings (SSSR count). The number of thiophene rings is 1. The Bertz CT molecular complexity index is 956. The third kappa shape index (κ3) is 4.67. The van der Waals surface area contributed by atoms with Gasteiger partial charge in [0.2, 0.25) is 0 Å². The lowest BCUT2D eigenvalue weighted by atomic mass is 10.3. The van der Waals surface area contributed by atoms with Gasteiger partial charge in [0.15, 0.2) is 12.3 Å². The maximum absolute atomic E-state index is 12.9. The summed E-state index contributed by atoms with van der Waals surface area (Å²) in [6.45, 7) is 2.44. The molecular formula is C21H22N3O2S2+. The van der Waals surface area contributed by atoms with Crippen LogP contribution in [-0.2, 0) is 24.4 Å². The normalized spacial score (nSPS) is 12.3. The fourth-order valence-corrected chi connectivity index (χ4v) is 4.93. The molecule has 7 heteroatoms. The van der Waals surface area contributed by atoms with Crippen LogP contribution in [0.1, 0.15) is 15.6 Å². The first-order valence-corrected chi connectivity index (χ1v) is 10.8. The number of quaternary nitrogens is 1. The second-order valence-corrected chi connectivity index (χ2v) is 8.91. The van der Waals surface area contributed by atoms with Gasteiger partial charge < -0.3 is 14.2 Å². The summed E-state index contributed by atoms with van der Waals surface area (Å²) in [5, 5.41) is 3.03. The number of likely N-dealkylation sites (N-methyl/N-ethyl adjacent to an activating group) is 1. The quantitative estimate of drug-likeness (QED) is 0.484. The molecule has 144 valence electrons. The second kappa shape index (κ2) is 8.68. The molecule has 1 aromatic carbocycles. The molecule has 1 N–H and O–H groups in total. The van der Waals surface area contributed by atoms with E-state index in [4.69, 9.17) is 4.42 Å². The van der Waals surface area contributed by atoms with Gasteiger partial charge in [0, 0.05) is 7.05 Å². The molecule has 0 spiro atoms. The Hall–Kier alpha value is -2.48. The third-order valence-electron chi connectivity index (χ3n) is 4.55. The standard InChI is InChI=1S/C21H21N3O2S2/c1-23(14-20-22-18-8-2-3-9-19(18)28-20)21(25)15-24(12-16-6-4-10-26-16)13-17-7-5-11-27-17/h2-11H,12-15H2,1H3/p+1. The number of aromatic nitrogens is 1. The van der Waals surface area contributed by atoms with Crippen LogP contribution in [0.25, 0.3) is 10.2 Å². The van der Waals surface area contributed by atoms with Crippen molar-refractivity contribution in [3.8, 4) is 0 Å². The number of hydrogen-bond donors (Lipinski definition) is 1. The lowest BCUT2D eigenvalue weighted by Gasteiger charge is -2.21. The minimum absolute atomic E-state index is 0.109. The SMILES string of the molecule is CN(Cc1nc2ccccc2s1)C(=O)C[NH+](Cc1ccco1)Cc1cccs1. The van der Waals surface area contributed by atoms with E-state index in [1.54, 1.807) is 33.8 Å². The molecule has 4 aromatic rings. The van der Waals surface area contributed by atoms with Gasteiger partial charge in [-0.25, -0.2) is 4.98 Å². The number of furan rings is 1. The summed E-state index contributed by atoms with van der Waals surface area (Å²) in [5.74, 6) is 1.01. The van der Waals surface area contributed by atoms with Gasteiger partial charge in [-0.3, -0.25) is 4.79 Å². The smallest absolute Gasteiger partial charge is 0.277 e. The van der Waals surface area contributed by atoms with Gasteiger partial charge in [0.05, 0.1) is 27.9 Å². The van der Waals surface area contributed by atoms with Gasteiger partial charge in [-0.05, 0) is 35.7 Å². The number of rotatable bonds is 8. The monoisotopic (exact) mass is 412 g/mol. The highest BCUT2D eigenvalue weighted by Crippen LogP contribution is 2.22. The van der Waals surface area contributed by atoms with E-state index < -0.39 is 0 Å². The third-order valence-corrected chi connectivity index (χ3v) is 6.44. The zero-order valence-corrected chi connectivity index (χ0v) is 17.3. The summed E-state index contributed by atoms with van der Waals surface area (Å²) in [7, 11) is 1.85. The molecule has 1 amide bonds. The first kappa shape index (κ1) is 18.9. The number of carbonyl (C=O) groups excluding carboxylic acids is 1. The van der Waals surface area contributed by atoms with Crippen molar-refractivity contribution in [2.75, 3.05) is 13.6 Å². The summed E-state index contributed by atoms with van der Waals surface area (Å²) < 4.78 is 6.66. The van der Waals surface area contributed by atoms with Crippen molar-refractivity contribution in [2.24, 2.45) is 0 Å². The highest BCUT2D eigenvalue weighted by Gasteiger charge is 2.21. The Morgan fingerprint density at radius 3 is 2.79 bits per heavy atom. The summed E-state index contributed by atoms with van der Waals surface area (Å²) in [5.41, 5.74) is 0.992. The van der Waals surface area contributed by atoms with E-state index in [1.807, 2.05) is 43.4 Å². The Morgan fingerprint density at radius 1 is 1.14 bits per heavy atom. The Labute approximate surface area is 171 Å². The maximum atomic E-state index is 12.9. The summed E-state index contributed by atoms with van der Waals surface area (Å²) in [6.07, 6.45) is 1.68. The number of amides is 1. The minimum atomic E-state index is 0.109. The molecule has 0 aliphatic heterocycles. The van der Waals surface area contributed by atoms with Crippen molar-refractivity contribution in [2.45, 2.75) is 19.6 Å². The largest absolute Gasteiger partial charge is 0.463 e. The zero-order chi connectivity index (χ0) is 19.3. The van der Waals surface area contributed by atoms with Crippen LogP contribution < -0.4 is 4.90 Å². The van der Waals surface area contributed by atoms with Crippen LogP contribution >= 0.6 is 22.7 Å². The van der Waals surface area contributed by atoms with Crippen LogP contribution in [0.15, 0.2) is 64.6 Å². The fourth-order valence-electron chi connectivity index (χ4n) is 3.13.